The van der Waals surface area contributed by atoms with E-state index in [4.69, 9.17) is 0 Å². The standard InChI is InChI=1S/C19H15F3N2O2/c1-11-15(17(25)12-7-3-2-4-8-12)16(24-18(26)23-11)13-9-5-6-10-14(13)19(20,21)22/h2-10,16H,1H3,(H2,23,24,26)/t16-/m1/s1. The van der Waals surface area contributed by atoms with Gasteiger partial charge in [0.05, 0.1) is 11.6 Å². The third-order valence-electron chi connectivity index (χ3n) is 4.13. The molecule has 2 N–H and O–H groups in total. The van der Waals surface area contributed by atoms with E-state index < -0.39 is 29.6 Å². The number of ketones is 1. The lowest BCUT2D eigenvalue weighted by Crippen LogP contribution is -2.45. The normalized spacial score (nSPS) is 17.5. The maximum Gasteiger partial charge on any atom is 0.416 e. The number of carbonyl (C=O) groups is 2. The first-order valence-electron chi connectivity index (χ1n) is 7.83. The number of alkyl halides is 3. The fourth-order valence-electron chi connectivity index (χ4n) is 2.98. The summed E-state index contributed by atoms with van der Waals surface area (Å²) in [5, 5.41) is 4.91. The van der Waals surface area contributed by atoms with Crippen LogP contribution >= 0.6 is 0 Å². The minimum absolute atomic E-state index is 0.0764. The Morgan fingerprint density at radius 1 is 1.00 bits per heavy atom. The Labute approximate surface area is 147 Å². The van der Waals surface area contributed by atoms with Gasteiger partial charge in [0.25, 0.3) is 0 Å². The quantitative estimate of drug-likeness (QED) is 0.806. The van der Waals surface area contributed by atoms with E-state index >= 15 is 0 Å². The van der Waals surface area contributed by atoms with Crippen LogP contribution < -0.4 is 10.6 Å². The zero-order chi connectivity index (χ0) is 18.9. The van der Waals surface area contributed by atoms with Crippen molar-refractivity contribution in [1.29, 1.82) is 0 Å². The number of nitrogens with one attached hydrogen (secondary N) is 2. The lowest BCUT2D eigenvalue weighted by molar-refractivity contribution is -0.138. The Hall–Kier alpha value is -3.09. The third-order valence-corrected chi connectivity index (χ3v) is 4.13. The molecule has 0 radical (unpaired) electrons. The van der Waals surface area contributed by atoms with Crippen molar-refractivity contribution in [2.24, 2.45) is 0 Å². The fourth-order valence-corrected chi connectivity index (χ4v) is 2.98. The topological polar surface area (TPSA) is 58.2 Å². The molecule has 0 fully saturated rings. The molecule has 0 saturated carbocycles. The Kier molecular flexibility index (Phi) is 4.54. The van der Waals surface area contributed by atoms with Crippen molar-refractivity contribution in [3.05, 3.63) is 82.6 Å². The highest BCUT2D eigenvalue weighted by Crippen LogP contribution is 2.38. The summed E-state index contributed by atoms with van der Waals surface area (Å²) in [6.45, 7) is 1.50. The van der Waals surface area contributed by atoms with Crippen LogP contribution in [0, 0.1) is 0 Å². The molecule has 3 rings (SSSR count). The first-order chi connectivity index (χ1) is 12.3. The SMILES string of the molecule is CC1=C(C(=O)c2ccccc2)[C@@H](c2ccccc2C(F)(F)F)NC(=O)N1. The van der Waals surface area contributed by atoms with E-state index in [-0.39, 0.29) is 16.8 Å². The van der Waals surface area contributed by atoms with Gasteiger partial charge in [-0.1, -0.05) is 48.5 Å². The van der Waals surface area contributed by atoms with Crippen molar-refractivity contribution in [1.82, 2.24) is 10.6 Å². The molecule has 134 valence electrons. The molecule has 1 atom stereocenters. The number of allylic oxidation sites excluding steroid dienone is 1. The van der Waals surface area contributed by atoms with Crippen LogP contribution in [0.25, 0.3) is 0 Å². The molecule has 7 heteroatoms. The van der Waals surface area contributed by atoms with Crippen molar-refractivity contribution in [3.63, 3.8) is 0 Å². The van der Waals surface area contributed by atoms with Gasteiger partial charge in [0.2, 0.25) is 0 Å². The fraction of sp³-hybridized carbons (Fsp3) is 0.158. The summed E-state index contributed by atoms with van der Waals surface area (Å²) >= 11 is 0. The van der Waals surface area contributed by atoms with E-state index in [9.17, 15) is 22.8 Å². The summed E-state index contributed by atoms with van der Waals surface area (Å²) in [6, 6.07) is 11.3. The highest BCUT2D eigenvalue weighted by atomic mass is 19.4. The maximum absolute atomic E-state index is 13.4. The molecule has 2 aromatic carbocycles. The van der Waals surface area contributed by atoms with Crippen LogP contribution in [0.4, 0.5) is 18.0 Å². The van der Waals surface area contributed by atoms with E-state index in [0.717, 1.165) is 6.07 Å². The number of halogens is 3. The Morgan fingerprint density at radius 3 is 2.27 bits per heavy atom. The molecule has 1 heterocycles. The van der Waals surface area contributed by atoms with Crippen LogP contribution in [0.2, 0.25) is 0 Å². The lowest BCUT2D eigenvalue weighted by Gasteiger charge is -2.30. The number of urea groups is 1. The molecular weight excluding hydrogens is 345 g/mol. The maximum atomic E-state index is 13.4. The van der Waals surface area contributed by atoms with Crippen LogP contribution in [0.3, 0.4) is 0 Å². The number of rotatable bonds is 3. The summed E-state index contributed by atoms with van der Waals surface area (Å²) in [4.78, 5) is 24.8. The number of benzene rings is 2. The van der Waals surface area contributed by atoms with E-state index in [1.165, 1.54) is 25.1 Å². The summed E-state index contributed by atoms with van der Waals surface area (Å²) in [5.74, 6) is -0.447. The van der Waals surface area contributed by atoms with Gasteiger partial charge in [-0.05, 0) is 18.6 Å². The van der Waals surface area contributed by atoms with Gasteiger partial charge in [-0.3, -0.25) is 4.79 Å². The smallest absolute Gasteiger partial charge is 0.327 e. The van der Waals surface area contributed by atoms with E-state index in [1.54, 1.807) is 30.3 Å². The van der Waals surface area contributed by atoms with Crippen molar-refractivity contribution >= 4 is 11.8 Å². The van der Waals surface area contributed by atoms with E-state index in [1.807, 2.05) is 0 Å². The van der Waals surface area contributed by atoms with Crippen LogP contribution in [0.5, 0.6) is 0 Å². The van der Waals surface area contributed by atoms with Crippen LogP contribution in [0.1, 0.15) is 34.5 Å². The number of carbonyl (C=O) groups excluding carboxylic acids is 2. The third kappa shape index (κ3) is 3.33. The van der Waals surface area contributed by atoms with Crippen LogP contribution in [0.15, 0.2) is 65.9 Å². The second-order valence-electron chi connectivity index (χ2n) is 5.85. The molecule has 0 aliphatic carbocycles. The Bertz CT molecular complexity index is 889. The predicted octanol–water partition coefficient (Wildman–Crippen LogP) is 4.22. The molecule has 26 heavy (non-hydrogen) atoms. The predicted molar refractivity (Wildman–Crippen MR) is 89.3 cm³/mol. The van der Waals surface area contributed by atoms with Gasteiger partial charge >= 0.3 is 12.2 Å². The molecular formula is C19H15F3N2O2. The van der Waals surface area contributed by atoms with Gasteiger partial charge in [-0.2, -0.15) is 13.2 Å². The monoisotopic (exact) mass is 360 g/mol. The van der Waals surface area contributed by atoms with Crippen molar-refractivity contribution in [3.8, 4) is 0 Å². The molecule has 0 saturated heterocycles. The number of amides is 2. The van der Waals surface area contributed by atoms with Gasteiger partial charge < -0.3 is 10.6 Å². The molecule has 0 unspecified atom stereocenters. The highest BCUT2D eigenvalue weighted by Gasteiger charge is 2.39. The van der Waals surface area contributed by atoms with E-state index in [2.05, 4.69) is 10.6 Å². The van der Waals surface area contributed by atoms with Crippen LogP contribution in [-0.4, -0.2) is 11.8 Å². The van der Waals surface area contributed by atoms with Crippen molar-refractivity contribution in [2.45, 2.75) is 19.1 Å². The minimum Gasteiger partial charge on any atom is -0.327 e. The number of Topliss-reactive ketones (excluding diaryl/α,β-unsaturated/α-hetero) is 1. The molecule has 2 amide bonds. The molecule has 0 bridgehead atoms. The average Bonchev–Trinajstić information content (AvgIpc) is 2.60. The second kappa shape index (κ2) is 6.67. The molecule has 2 aromatic rings. The molecule has 1 aliphatic rings. The van der Waals surface area contributed by atoms with Gasteiger partial charge in [0, 0.05) is 16.8 Å². The lowest BCUT2D eigenvalue weighted by atomic mass is 9.87. The summed E-state index contributed by atoms with van der Waals surface area (Å²) in [6.07, 6.45) is -4.61. The molecule has 1 aliphatic heterocycles. The zero-order valence-corrected chi connectivity index (χ0v) is 13.7. The van der Waals surface area contributed by atoms with Crippen molar-refractivity contribution in [2.75, 3.05) is 0 Å². The Balaban J connectivity index is 2.15. The largest absolute Gasteiger partial charge is 0.416 e. The van der Waals surface area contributed by atoms with Crippen LogP contribution in [-0.2, 0) is 6.18 Å². The van der Waals surface area contributed by atoms with Gasteiger partial charge in [-0.25, -0.2) is 4.79 Å². The molecule has 4 nitrogen and oxygen atoms in total. The van der Waals surface area contributed by atoms with Gasteiger partial charge in [0.15, 0.2) is 5.78 Å². The number of hydrogen-bond acceptors (Lipinski definition) is 2. The first-order valence-corrected chi connectivity index (χ1v) is 7.83. The molecule has 0 aromatic heterocycles. The van der Waals surface area contributed by atoms with Gasteiger partial charge in [0.1, 0.15) is 0 Å². The second-order valence-corrected chi connectivity index (χ2v) is 5.85. The summed E-state index contributed by atoms with van der Waals surface area (Å²) < 4.78 is 40.3. The molecule has 0 spiro atoms. The zero-order valence-electron chi connectivity index (χ0n) is 13.7. The van der Waals surface area contributed by atoms with E-state index in [0.29, 0.717) is 5.56 Å². The van der Waals surface area contributed by atoms with Crippen molar-refractivity contribution < 1.29 is 22.8 Å². The average molecular weight is 360 g/mol. The Morgan fingerprint density at radius 2 is 1.62 bits per heavy atom. The first kappa shape index (κ1) is 17.7. The summed E-state index contributed by atoms with van der Waals surface area (Å²) in [5.41, 5.74) is -0.432. The summed E-state index contributed by atoms with van der Waals surface area (Å²) in [7, 11) is 0. The minimum atomic E-state index is -4.61. The highest BCUT2D eigenvalue weighted by molar-refractivity contribution is 6.11. The van der Waals surface area contributed by atoms with Gasteiger partial charge in [-0.15, -0.1) is 0 Å². The number of hydrogen-bond donors (Lipinski definition) is 2.